The number of carbonyl (C=O) groups excluding carboxylic acids is 1. The first-order valence-electron chi connectivity index (χ1n) is 6.35. The maximum Gasteiger partial charge on any atom is 0.390 e. The van der Waals surface area contributed by atoms with Crippen molar-refractivity contribution < 1.29 is 18.0 Å². The number of benzene rings is 1. The van der Waals surface area contributed by atoms with E-state index < -0.39 is 31.0 Å². The van der Waals surface area contributed by atoms with E-state index in [0.29, 0.717) is 0 Å². The molecule has 1 atom stereocenters. The van der Waals surface area contributed by atoms with E-state index in [1.165, 1.54) is 7.05 Å². The molecule has 116 valence electrons. The van der Waals surface area contributed by atoms with E-state index in [9.17, 15) is 18.0 Å². The van der Waals surface area contributed by atoms with Crippen LogP contribution in [0.2, 0.25) is 0 Å². The standard InChI is InChI=1S/C14H17F3N2OS/c1-19(8-7-14(15,16)17)13(20)11(12(18)21)9-10-5-3-2-4-6-10/h2-6,11H,7-9H2,1H3,(H2,18,21). The molecule has 0 saturated carbocycles. The topological polar surface area (TPSA) is 46.3 Å². The lowest BCUT2D eigenvalue weighted by Gasteiger charge is -2.23. The first-order valence-corrected chi connectivity index (χ1v) is 6.76. The highest BCUT2D eigenvalue weighted by Crippen LogP contribution is 2.20. The van der Waals surface area contributed by atoms with Gasteiger partial charge in [-0.3, -0.25) is 4.79 Å². The third-order valence-corrected chi connectivity index (χ3v) is 3.32. The van der Waals surface area contributed by atoms with Crippen LogP contribution in [0.5, 0.6) is 0 Å². The van der Waals surface area contributed by atoms with E-state index in [-0.39, 0.29) is 11.4 Å². The van der Waals surface area contributed by atoms with Crippen molar-refractivity contribution in [1.29, 1.82) is 0 Å². The second-order valence-electron chi connectivity index (χ2n) is 4.77. The lowest BCUT2D eigenvalue weighted by Crippen LogP contribution is -2.41. The third-order valence-electron chi connectivity index (χ3n) is 3.03. The number of alkyl halides is 3. The van der Waals surface area contributed by atoms with Crippen molar-refractivity contribution in [3.05, 3.63) is 35.9 Å². The minimum Gasteiger partial charge on any atom is -0.393 e. The fourth-order valence-corrected chi connectivity index (χ4v) is 2.01. The molecule has 0 heterocycles. The number of carbonyl (C=O) groups is 1. The number of hydrogen-bond acceptors (Lipinski definition) is 2. The summed E-state index contributed by atoms with van der Waals surface area (Å²) in [6.45, 7) is -0.407. The van der Waals surface area contributed by atoms with E-state index in [4.69, 9.17) is 18.0 Å². The highest BCUT2D eigenvalue weighted by Gasteiger charge is 2.30. The van der Waals surface area contributed by atoms with Crippen LogP contribution in [0.3, 0.4) is 0 Å². The van der Waals surface area contributed by atoms with Gasteiger partial charge in [0.25, 0.3) is 0 Å². The van der Waals surface area contributed by atoms with Gasteiger partial charge in [-0.25, -0.2) is 0 Å². The lowest BCUT2D eigenvalue weighted by molar-refractivity contribution is -0.145. The van der Waals surface area contributed by atoms with Gasteiger partial charge in [0.2, 0.25) is 5.91 Å². The third kappa shape index (κ3) is 6.12. The van der Waals surface area contributed by atoms with Gasteiger partial charge in [-0.1, -0.05) is 42.5 Å². The van der Waals surface area contributed by atoms with Gasteiger partial charge < -0.3 is 10.6 Å². The summed E-state index contributed by atoms with van der Waals surface area (Å²) in [4.78, 5) is 13.2. The summed E-state index contributed by atoms with van der Waals surface area (Å²) in [5.41, 5.74) is 6.42. The number of rotatable bonds is 6. The Morgan fingerprint density at radius 3 is 2.38 bits per heavy atom. The molecule has 0 spiro atoms. The van der Waals surface area contributed by atoms with Crippen molar-refractivity contribution in [1.82, 2.24) is 4.90 Å². The molecule has 3 nitrogen and oxygen atoms in total. The first-order chi connectivity index (χ1) is 9.70. The van der Waals surface area contributed by atoms with Crippen molar-refractivity contribution >= 4 is 23.1 Å². The monoisotopic (exact) mass is 318 g/mol. The number of amides is 1. The van der Waals surface area contributed by atoms with E-state index in [1.54, 1.807) is 0 Å². The molecule has 0 aromatic heterocycles. The molecule has 21 heavy (non-hydrogen) atoms. The van der Waals surface area contributed by atoms with Gasteiger partial charge in [-0.2, -0.15) is 13.2 Å². The molecule has 0 aliphatic heterocycles. The number of nitrogens with zero attached hydrogens (tertiary/aromatic N) is 1. The Balaban J connectivity index is 2.71. The van der Waals surface area contributed by atoms with E-state index in [1.807, 2.05) is 30.3 Å². The normalized spacial score (nSPS) is 12.8. The molecule has 1 unspecified atom stereocenters. The average molecular weight is 318 g/mol. The summed E-state index contributed by atoms with van der Waals surface area (Å²) in [5.74, 6) is -1.28. The van der Waals surface area contributed by atoms with Gasteiger partial charge in [-0.05, 0) is 12.0 Å². The second kappa shape index (κ2) is 7.40. The van der Waals surface area contributed by atoms with Crippen LogP contribution in [0.4, 0.5) is 13.2 Å². The predicted octanol–water partition coefficient (Wildman–Crippen LogP) is 2.54. The molecule has 2 N–H and O–H groups in total. The smallest absolute Gasteiger partial charge is 0.390 e. The Morgan fingerprint density at radius 1 is 1.33 bits per heavy atom. The molecular weight excluding hydrogens is 301 g/mol. The first kappa shape index (κ1) is 17.4. The molecule has 1 aromatic rings. The zero-order valence-corrected chi connectivity index (χ0v) is 12.4. The van der Waals surface area contributed by atoms with E-state index >= 15 is 0 Å². The number of hydrogen-bond donors (Lipinski definition) is 1. The number of halogens is 3. The SMILES string of the molecule is CN(CCC(F)(F)F)C(=O)C(Cc1ccccc1)C(N)=S. The zero-order valence-electron chi connectivity index (χ0n) is 11.6. The van der Waals surface area contributed by atoms with Gasteiger partial charge in [0.05, 0.1) is 17.3 Å². The molecule has 0 saturated heterocycles. The quantitative estimate of drug-likeness (QED) is 0.820. The Kier molecular flexibility index (Phi) is 6.14. The maximum absolute atomic E-state index is 12.2. The Hall–Kier alpha value is -1.63. The second-order valence-corrected chi connectivity index (χ2v) is 5.24. The summed E-state index contributed by atoms with van der Waals surface area (Å²) < 4.78 is 36.6. The van der Waals surface area contributed by atoms with Crippen LogP contribution in [0.15, 0.2) is 30.3 Å². The van der Waals surface area contributed by atoms with Crippen molar-refractivity contribution in [2.24, 2.45) is 11.7 Å². The molecule has 0 fully saturated rings. The molecule has 1 rings (SSSR count). The molecule has 7 heteroatoms. The van der Waals surface area contributed by atoms with Crippen molar-refractivity contribution in [2.75, 3.05) is 13.6 Å². The van der Waals surface area contributed by atoms with Gasteiger partial charge in [0.1, 0.15) is 0 Å². The van der Waals surface area contributed by atoms with Crippen LogP contribution >= 0.6 is 12.2 Å². The largest absolute Gasteiger partial charge is 0.393 e. The molecule has 1 aromatic carbocycles. The molecule has 0 radical (unpaired) electrons. The minimum atomic E-state index is -4.30. The van der Waals surface area contributed by atoms with Crippen LogP contribution in [0.1, 0.15) is 12.0 Å². The summed E-state index contributed by atoms with van der Waals surface area (Å²) >= 11 is 4.88. The van der Waals surface area contributed by atoms with Crippen LogP contribution in [0.25, 0.3) is 0 Å². The lowest BCUT2D eigenvalue weighted by atomic mass is 9.98. The zero-order chi connectivity index (χ0) is 16.0. The average Bonchev–Trinajstić information content (AvgIpc) is 2.41. The van der Waals surface area contributed by atoms with Crippen LogP contribution < -0.4 is 5.73 Å². The fraction of sp³-hybridized carbons (Fsp3) is 0.429. The Bertz CT molecular complexity index is 491. The summed E-state index contributed by atoms with van der Waals surface area (Å²) in [6.07, 6.45) is -5.07. The van der Waals surface area contributed by atoms with Gasteiger partial charge in [0.15, 0.2) is 0 Å². The molecule has 1 amide bonds. The minimum absolute atomic E-state index is 0.0114. The summed E-state index contributed by atoms with van der Waals surface area (Å²) in [7, 11) is 1.32. The van der Waals surface area contributed by atoms with Crippen molar-refractivity contribution in [3.8, 4) is 0 Å². The Labute approximate surface area is 126 Å². The molecular formula is C14H17F3N2OS. The van der Waals surface area contributed by atoms with E-state index in [2.05, 4.69) is 0 Å². The van der Waals surface area contributed by atoms with Crippen LogP contribution in [-0.2, 0) is 11.2 Å². The molecule has 0 bridgehead atoms. The maximum atomic E-state index is 12.2. The fourth-order valence-electron chi connectivity index (χ4n) is 1.83. The molecule has 0 aliphatic carbocycles. The summed E-state index contributed by atoms with van der Waals surface area (Å²) in [6, 6.07) is 9.08. The highest BCUT2D eigenvalue weighted by atomic mass is 32.1. The van der Waals surface area contributed by atoms with Crippen molar-refractivity contribution in [3.63, 3.8) is 0 Å². The van der Waals surface area contributed by atoms with Crippen LogP contribution in [0, 0.1) is 5.92 Å². The number of thiocarbonyl (C=S) groups is 1. The van der Waals surface area contributed by atoms with Gasteiger partial charge in [-0.15, -0.1) is 0 Å². The van der Waals surface area contributed by atoms with Crippen molar-refractivity contribution in [2.45, 2.75) is 19.0 Å². The predicted molar refractivity (Wildman–Crippen MR) is 78.7 cm³/mol. The number of nitrogens with two attached hydrogens (primary N) is 1. The summed E-state index contributed by atoms with van der Waals surface area (Å²) in [5, 5.41) is 0. The van der Waals surface area contributed by atoms with Gasteiger partial charge >= 0.3 is 6.18 Å². The Morgan fingerprint density at radius 2 is 1.90 bits per heavy atom. The molecule has 0 aliphatic rings. The van der Waals surface area contributed by atoms with Gasteiger partial charge in [0, 0.05) is 13.6 Å². The van der Waals surface area contributed by atoms with Crippen LogP contribution in [-0.4, -0.2) is 35.6 Å². The highest BCUT2D eigenvalue weighted by molar-refractivity contribution is 7.80. The van der Waals surface area contributed by atoms with E-state index in [0.717, 1.165) is 10.5 Å².